The third kappa shape index (κ3) is 2.94. The number of carbonyl (C=O) groups excluding carboxylic acids is 2. The Labute approximate surface area is 126 Å². The van der Waals surface area contributed by atoms with Crippen LogP contribution in [0, 0.1) is 0 Å². The lowest BCUT2D eigenvalue weighted by Gasteiger charge is -2.44. The maximum atomic E-state index is 12.7. The van der Waals surface area contributed by atoms with Crippen LogP contribution in [-0.4, -0.2) is 34.8 Å². The van der Waals surface area contributed by atoms with E-state index in [0.717, 1.165) is 0 Å². The fourth-order valence-electron chi connectivity index (χ4n) is 2.73. The van der Waals surface area contributed by atoms with E-state index in [4.69, 9.17) is 0 Å². The summed E-state index contributed by atoms with van der Waals surface area (Å²) in [6, 6.07) is 9.67. The van der Waals surface area contributed by atoms with Gasteiger partial charge in [-0.3, -0.25) is 9.59 Å². The molecule has 1 fully saturated rings. The minimum Gasteiger partial charge on any atom is -0.340 e. The molecule has 2 rings (SSSR count). The van der Waals surface area contributed by atoms with Crippen LogP contribution in [0.3, 0.4) is 0 Å². The van der Waals surface area contributed by atoms with Crippen molar-refractivity contribution < 1.29 is 9.59 Å². The third-order valence-electron chi connectivity index (χ3n) is 4.53. The van der Waals surface area contributed by atoms with Crippen molar-refractivity contribution in [3.05, 3.63) is 35.9 Å². The second-order valence-corrected chi connectivity index (χ2v) is 6.12. The van der Waals surface area contributed by atoms with Gasteiger partial charge in [-0.2, -0.15) is 0 Å². The Kier molecular flexibility index (Phi) is 4.35. The Morgan fingerprint density at radius 3 is 2.48 bits per heavy atom. The van der Waals surface area contributed by atoms with Crippen molar-refractivity contribution in [3.8, 4) is 0 Å². The molecule has 0 aliphatic carbocycles. The zero-order valence-corrected chi connectivity index (χ0v) is 13.2. The van der Waals surface area contributed by atoms with Gasteiger partial charge in [-0.25, -0.2) is 0 Å². The van der Waals surface area contributed by atoms with Crippen molar-refractivity contribution in [2.75, 3.05) is 6.54 Å². The van der Waals surface area contributed by atoms with Crippen LogP contribution in [0.5, 0.6) is 0 Å². The molecule has 3 atom stereocenters. The SMILES string of the molecule is CCC1(C)NC(=O)C(C)N(CC(C)c2ccccc2)C1=O. The largest absolute Gasteiger partial charge is 0.340 e. The van der Waals surface area contributed by atoms with Crippen molar-refractivity contribution >= 4 is 11.8 Å². The summed E-state index contributed by atoms with van der Waals surface area (Å²) in [6.07, 6.45) is 0.598. The normalized spacial score (nSPS) is 27.4. The molecule has 3 unspecified atom stereocenters. The minimum absolute atomic E-state index is 0.0138. The van der Waals surface area contributed by atoms with Gasteiger partial charge in [0.25, 0.3) is 0 Å². The van der Waals surface area contributed by atoms with Crippen LogP contribution in [0.1, 0.15) is 45.6 Å². The van der Waals surface area contributed by atoms with Gasteiger partial charge in [-0.15, -0.1) is 0 Å². The molecule has 1 aromatic rings. The van der Waals surface area contributed by atoms with Crippen molar-refractivity contribution in [1.29, 1.82) is 0 Å². The molecule has 0 saturated carbocycles. The summed E-state index contributed by atoms with van der Waals surface area (Å²) in [4.78, 5) is 26.6. The number of nitrogens with one attached hydrogen (secondary N) is 1. The highest BCUT2D eigenvalue weighted by Gasteiger charge is 2.45. The molecule has 1 heterocycles. The molecule has 1 saturated heterocycles. The number of rotatable bonds is 4. The average molecular weight is 288 g/mol. The van der Waals surface area contributed by atoms with Crippen LogP contribution in [0.25, 0.3) is 0 Å². The minimum atomic E-state index is -0.778. The molecule has 1 aliphatic heterocycles. The molecule has 21 heavy (non-hydrogen) atoms. The number of piperazine rings is 1. The lowest BCUT2D eigenvalue weighted by Crippen LogP contribution is -2.68. The van der Waals surface area contributed by atoms with Crippen LogP contribution in [0.15, 0.2) is 30.3 Å². The summed E-state index contributed by atoms with van der Waals surface area (Å²) in [5, 5.41) is 2.85. The van der Waals surface area contributed by atoms with E-state index >= 15 is 0 Å². The highest BCUT2D eigenvalue weighted by molar-refractivity contribution is 5.99. The average Bonchev–Trinajstić information content (AvgIpc) is 2.50. The first-order chi connectivity index (χ1) is 9.89. The number of amides is 2. The molecule has 4 nitrogen and oxygen atoms in total. The maximum absolute atomic E-state index is 12.7. The topological polar surface area (TPSA) is 49.4 Å². The molecule has 1 aromatic carbocycles. The fourth-order valence-corrected chi connectivity index (χ4v) is 2.73. The summed E-state index contributed by atoms with van der Waals surface area (Å²) in [5.41, 5.74) is 0.404. The molecule has 0 bridgehead atoms. The molecule has 1 aliphatic rings. The fraction of sp³-hybridized carbons (Fsp3) is 0.529. The van der Waals surface area contributed by atoms with Gasteiger partial charge < -0.3 is 10.2 Å². The molecule has 4 heteroatoms. The molecule has 0 spiro atoms. The lowest BCUT2D eigenvalue weighted by molar-refractivity contribution is -0.154. The van der Waals surface area contributed by atoms with E-state index in [2.05, 4.69) is 24.4 Å². The first kappa shape index (κ1) is 15.5. The molecule has 0 radical (unpaired) electrons. The third-order valence-corrected chi connectivity index (χ3v) is 4.53. The Balaban J connectivity index is 2.20. The van der Waals surface area contributed by atoms with Gasteiger partial charge in [0.2, 0.25) is 11.8 Å². The Morgan fingerprint density at radius 1 is 1.29 bits per heavy atom. The number of hydrogen-bond donors (Lipinski definition) is 1. The van der Waals surface area contributed by atoms with Crippen molar-refractivity contribution in [2.24, 2.45) is 0 Å². The van der Waals surface area contributed by atoms with Gasteiger partial charge in [0, 0.05) is 6.54 Å². The van der Waals surface area contributed by atoms with E-state index in [1.165, 1.54) is 5.56 Å². The quantitative estimate of drug-likeness (QED) is 0.924. The Bertz CT molecular complexity index is 529. The van der Waals surface area contributed by atoms with Gasteiger partial charge in [-0.1, -0.05) is 44.2 Å². The predicted octanol–water partition coefficient (Wildman–Crippen LogP) is 2.31. The van der Waals surface area contributed by atoms with Gasteiger partial charge >= 0.3 is 0 Å². The summed E-state index contributed by atoms with van der Waals surface area (Å²) >= 11 is 0. The van der Waals surface area contributed by atoms with Gasteiger partial charge in [0.05, 0.1) is 0 Å². The zero-order valence-electron chi connectivity index (χ0n) is 13.2. The second kappa shape index (κ2) is 5.88. The summed E-state index contributed by atoms with van der Waals surface area (Å²) < 4.78 is 0. The molecule has 2 amide bonds. The van der Waals surface area contributed by atoms with E-state index in [-0.39, 0.29) is 17.7 Å². The highest BCUT2D eigenvalue weighted by Crippen LogP contribution is 2.25. The second-order valence-electron chi connectivity index (χ2n) is 6.12. The standard InChI is InChI=1S/C17H24N2O2/c1-5-17(4)16(21)19(13(3)15(20)18-17)11-12(2)14-9-7-6-8-10-14/h6-10,12-13H,5,11H2,1-4H3,(H,18,20). The van der Waals surface area contributed by atoms with Crippen LogP contribution < -0.4 is 5.32 Å². The molecule has 0 aromatic heterocycles. The van der Waals surface area contributed by atoms with Crippen molar-refractivity contribution in [3.63, 3.8) is 0 Å². The van der Waals surface area contributed by atoms with E-state index < -0.39 is 11.6 Å². The number of hydrogen-bond acceptors (Lipinski definition) is 2. The molecule has 114 valence electrons. The van der Waals surface area contributed by atoms with Gasteiger partial charge in [0.1, 0.15) is 11.6 Å². The monoisotopic (exact) mass is 288 g/mol. The highest BCUT2D eigenvalue weighted by atomic mass is 16.2. The smallest absolute Gasteiger partial charge is 0.248 e. The van der Waals surface area contributed by atoms with E-state index in [9.17, 15) is 9.59 Å². The van der Waals surface area contributed by atoms with Crippen molar-refractivity contribution in [2.45, 2.75) is 51.6 Å². The van der Waals surface area contributed by atoms with Gasteiger partial charge in [-0.05, 0) is 31.7 Å². The maximum Gasteiger partial charge on any atom is 0.248 e. The number of nitrogens with zero attached hydrogens (tertiary/aromatic N) is 1. The van der Waals surface area contributed by atoms with E-state index in [1.54, 1.807) is 18.7 Å². The van der Waals surface area contributed by atoms with Crippen molar-refractivity contribution in [1.82, 2.24) is 10.2 Å². The zero-order chi connectivity index (χ0) is 15.6. The summed E-state index contributed by atoms with van der Waals surface area (Å²) in [6.45, 7) is 8.17. The summed E-state index contributed by atoms with van der Waals surface area (Å²) in [5.74, 6) is 0.142. The Hall–Kier alpha value is -1.84. The molecule has 1 N–H and O–H groups in total. The van der Waals surface area contributed by atoms with E-state index in [1.807, 2.05) is 25.1 Å². The first-order valence-electron chi connectivity index (χ1n) is 7.57. The lowest BCUT2D eigenvalue weighted by atomic mass is 9.90. The first-order valence-corrected chi connectivity index (χ1v) is 7.57. The van der Waals surface area contributed by atoms with Crippen LogP contribution in [-0.2, 0) is 9.59 Å². The van der Waals surface area contributed by atoms with Crippen LogP contribution >= 0.6 is 0 Å². The van der Waals surface area contributed by atoms with Crippen LogP contribution in [0.2, 0.25) is 0 Å². The molecular weight excluding hydrogens is 264 g/mol. The predicted molar refractivity (Wildman–Crippen MR) is 82.9 cm³/mol. The number of benzene rings is 1. The summed E-state index contributed by atoms with van der Waals surface area (Å²) in [7, 11) is 0. The number of carbonyl (C=O) groups is 2. The molecular formula is C17H24N2O2. The van der Waals surface area contributed by atoms with Gasteiger partial charge in [0.15, 0.2) is 0 Å². The van der Waals surface area contributed by atoms with Crippen LogP contribution in [0.4, 0.5) is 0 Å². The van der Waals surface area contributed by atoms with E-state index in [0.29, 0.717) is 13.0 Å². The Morgan fingerprint density at radius 2 is 1.90 bits per heavy atom.